The molecule has 2 rings (SSSR count). The van der Waals surface area contributed by atoms with Gasteiger partial charge in [-0.15, -0.1) is 0 Å². The summed E-state index contributed by atoms with van der Waals surface area (Å²) in [6.07, 6.45) is 0. The zero-order valence-corrected chi connectivity index (χ0v) is 8.55. The number of phenolic OH excluding ortho intramolecular Hbond substituents is 1. The van der Waals surface area contributed by atoms with Gasteiger partial charge in [0.05, 0.1) is 0 Å². The molecule has 0 fully saturated rings. The number of rotatable bonds is 2. The van der Waals surface area contributed by atoms with Crippen LogP contribution >= 0.6 is 0 Å². The molecule has 0 saturated carbocycles. The molecule has 0 aliphatic rings. The molecule has 0 heterocycles. The molecule has 0 atom stereocenters. The standard InChI is InChI=1S/C13H11NO2/c14-13(16)11-6-10(7-12(15)8-11)9-4-2-1-3-5-9/h1-8,15H,(H2,14,16). The van der Waals surface area contributed by atoms with Crippen LogP contribution in [0.15, 0.2) is 48.5 Å². The third-order valence-electron chi connectivity index (χ3n) is 2.31. The molecule has 0 spiro atoms. The molecule has 0 aliphatic carbocycles. The van der Waals surface area contributed by atoms with E-state index in [1.54, 1.807) is 12.1 Å². The second-order valence-electron chi connectivity index (χ2n) is 3.50. The highest BCUT2D eigenvalue weighted by Crippen LogP contribution is 2.24. The molecule has 0 unspecified atom stereocenters. The number of hydrogen-bond donors (Lipinski definition) is 2. The lowest BCUT2D eigenvalue weighted by Gasteiger charge is -2.04. The fraction of sp³-hybridized carbons (Fsp3) is 0. The Bertz CT molecular complexity index is 521. The number of hydrogen-bond acceptors (Lipinski definition) is 2. The molecule has 0 saturated heterocycles. The second kappa shape index (κ2) is 4.06. The Labute approximate surface area is 93.1 Å². The van der Waals surface area contributed by atoms with Crippen molar-refractivity contribution in [1.82, 2.24) is 0 Å². The predicted molar refractivity (Wildman–Crippen MR) is 62.1 cm³/mol. The lowest BCUT2D eigenvalue weighted by atomic mass is 10.0. The fourth-order valence-electron chi connectivity index (χ4n) is 1.55. The van der Waals surface area contributed by atoms with E-state index in [9.17, 15) is 9.90 Å². The Morgan fingerprint density at radius 2 is 1.69 bits per heavy atom. The Kier molecular flexibility index (Phi) is 2.60. The lowest BCUT2D eigenvalue weighted by Crippen LogP contribution is -2.10. The summed E-state index contributed by atoms with van der Waals surface area (Å²) in [5.41, 5.74) is 7.19. The third-order valence-corrected chi connectivity index (χ3v) is 2.31. The van der Waals surface area contributed by atoms with Crippen LogP contribution in [0, 0.1) is 0 Å². The highest BCUT2D eigenvalue weighted by molar-refractivity contribution is 5.94. The minimum absolute atomic E-state index is 0.0372. The van der Waals surface area contributed by atoms with Gasteiger partial charge in [-0.25, -0.2) is 0 Å². The first kappa shape index (κ1) is 10.2. The van der Waals surface area contributed by atoms with E-state index in [0.717, 1.165) is 11.1 Å². The van der Waals surface area contributed by atoms with Gasteiger partial charge in [-0.1, -0.05) is 30.3 Å². The number of carbonyl (C=O) groups is 1. The van der Waals surface area contributed by atoms with Crippen LogP contribution in [0.4, 0.5) is 0 Å². The van der Waals surface area contributed by atoms with E-state index in [2.05, 4.69) is 0 Å². The maximum atomic E-state index is 11.0. The van der Waals surface area contributed by atoms with Crippen molar-refractivity contribution >= 4 is 5.91 Å². The normalized spacial score (nSPS) is 10.0. The van der Waals surface area contributed by atoms with Crippen LogP contribution in [0.3, 0.4) is 0 Å². The number of aromatic hydroxyl groups is 1. The van der Waals surface area contributed by atoms with Crippen molar-refractivity contribution in [2.24, 2.45) is 5.73 Å². The molecule has 0 bridgehead atoms. The molecule has 0 radical (unpaired) electrons. The first-order valence-electron chi connectivity index (χ1n) is 4.86. The highest BCUT2D eigenvalue weighted by atomic mass is 16.3. The minimum Gasteiger partial charge on any atom is -0.508 e. The maximum absolute atomic E-state index is 11.0. The summed E-state index contributed by atoms with van der Waals surface area (Å²) in [6.45, 7) is 0. The van der Waals surface area contributed by atoms with Gasteiger partial charge in [0.25, 0.3) is 0 Å². The Morgan fingerprint density at radius 3 is 2.31 bits per heavy atom. The van der Waals surface area contributed by atoms with E-state index in [0.29, 0.717) is 5.56 Å². The molecule has 3 nitrogen and oxygen atoms in total. The average molecular weight is 213 g/mol. The molecular formula is C13H11NO2. The Balaban J connectivity index is 2.54. The first-order chi connectivity index (χ1) is 7.66. The molecular weight excluding hydrogens is 202 g/mol. The smallest absolute Gasteiger partial charge is 0.248 e. The summed E-state index contributed by atoms with van der Waals surface area (Å²) in [6, 6.07) is 14.1. The topological polar surface area (TPSA) is 63.3 Å². The van der Waals surface area contributed by atoms with Crippen molar-refractivity contribution in [3.05, 3.63) is 54.1 Å². The summed E-state index contributed by atoms with van der Waals surface area (Å²) in [5.74, 6) is -0.511. The predicted octanol–water partition coefficient (Wildman–Crippen LogP) is 2.16. The number of carbonyl (C=O) groups excluding carboxylic acids is 1. The lowest BCUT2D eigenvalue weighted by molar-refractivity contribution is 0.1000. The maximum Gasteiger partial charge on any atom is 0.248 e. The quantitative estimate of drug-likeness (QED) is 0.802. The van der Waals surface area contributed by atoms with Crippen LogP contribution in [-0.4, -0.2) is 11.0 Å². The van der Waals surface area contributed by atoms with Crippen molar-refractivity contribution in [3.8, 4) is 16.9 Å². The van der Waals surface area contributed by atoms with E-state index in [-0.39, 0.29) is 5.75 Å². The highest BCUT2D eigenvalue weighted by Gasteiger charge is 2.05. The van der Waals surface area contributed by atoms with E-state index < -0.39 is 5.91 Å². The van der Waals surface area contributed by atoms with Crippen LogP contribution in [0.1, 0.15) is 10.4 Å². The molecule has 0 aromatic heterocycles. The summed E-state index contributed by atoms with van der Waals surface area (Å²) in [4.78, 5) is 11.0. The van der Waals surface area contributed by atoms with Gasteiger partial charge in [0.2, 0.25) is 5.91 Å². The van der Waals surface area contributed by atoms with Crippen LogP contribution in [0.5, 0.6) is 5.75 Å². The average Bonchev–Trinajstić information content (AvgIpc) is 2.29. The zero-order chi connectivity index (χ0) is 11.5. The van der Waals surface area contributed by atoms with E-state index >= 15 is 0 Å². The molecule has 80 valence electrons. The van der Waals surface area contributed by atoms with Crippen LogP contribution in [0.25, 0.3) is 11.1 Å². The summed E-state index contributed by atoms with van der Waals surface area (Å²) >= 11 is 0. The Hall–Kier alpha value is -2.29. The molecule has 2 aromatic carbocycles. The van der Waals surface area contributed by atoms with Gasteiger partial charge in [-0.3, -0.25) is 4.79 Å². The van der Waals surface area contributed by atoms with Crippen molar-refractivity contribution < 1.29 is 9.90 Å². The van der Waals surface area contributed by atoms with Gasteiger partial charge < -0.3 is 10.8 Å². The van der Waals surface area contributed by atoms with Crippen molar-refractivity contribution in [2.75, 3.05) is 0 Å². The molecule has 3 heteroatoms. The van der Waals surface area contributed by atoms with Crippen molar-refractivity contribution in [2.45, 2.75) is 0 Å². The largest absolute Gasteiger partial charge is 0.508 e. The van der Waals surface area contributed by atoms with Crippen LogP contribution in [0.2, 0.25) is 0 Å². The van der Waals surface area contributed by atoms with E-state index in [4.69, 9.17) is 5.73 Å². The first-order valence-corrected chi connectivity index (χ1v) is 4.86. The van der Waals surface area contributed by atoms with Gasteiger partial charge in [0, 0.05) is 5.56 Å². The number of amides is 1. The van der Waals surface area contributed by atoms with Gasteiger partial charge in [0.15, 0.2) is 0 Å². The van der Waals surface area contributed by atoms with Crippen molar-refractivity contribution in [1.29, 1.82) is 0 Å². The summed E-state index contributed by atoms with van der Waals surface area (Å²) in [7, 11) is 0. The molecule has 0 aliphatic heterocycles. The number of phenols is 1. The van der Waals surface area contributed by atoms with Gasteiger partial charge in [0.1, 0.15) is 5.75 Å². The molecule has 3 N–H and O–H groups in total. The number of benzene rings is 2. The van der Waals surface area contributed by atoms with E-state index in [1.165, 1.54) is 6.07 Å². The molecule has 16 heavy (non-hydrogen) atoms. The fourth-order valence-corrected chi connectivity index (χ4v) is 1.55. The van der Waals surface area contributed by atoms with Gasteiger partial charge >= 0.3 is 0 Å². The van der Waals surface area contributed by atoms with Crippen LogP contribution in [-0.2, 0) is 0 Å². The number of nitrogens with two attached hydrogens (primary N) is 1. The third kappa shape index (κ3) is 2.03. The second-order valence-corrected chi connectivity index (χ2v) is 3.50. The van der Waals surface area contributed by atoms with Crippen LogP contribution < -0.4 is 5.73 Å². The summed E-state index contributed by atoms with van der Waals surface area (Å²) in [5, 5.41) is 9.50. The summed E-state index contributed by atoms with van der Waals surface area (Å²) < 4.78 is 0. The molecule has 1 amide bonds. The minimum atomic E-state index is -0.548. The number of primary amides is 1. The van der Waals surface area contributed by atoms with Gasteiger partial charge in [-0.05, 0) is 29.3 Å². The molecule has 2 aromatic rings. The Morgan fingerprint density at radius 1 is 1.00 bits per heavy atom. The SMILES string of the molecule is NC(=O)c1cc(O)cc(-c2ccccc2)c1. The zero-order valence-electron chi connectivity index (χ0n) is 8.55. The monoisotopic (exact) mass is 213 g/mol. The van der Waals surface area contributed by atoms with Crippen molar-refractivity contribution in [3.63, 3.8) is 0 Å². The van der Waals surface area contributed by atoms with Gasteiger partial charge in [-0.2, -0.15) is 0 Å². The van der Waals surface area contributed by atoms with E-state index in [1.807, 2.05) is 30.3 Å².